The summed E-state index contributed by atoms with van der Waals surface area (Å²) >= 11 is 0. The summed E-state index contributed by atoms with van der Waals surface area (Å²) in [4.78, 5) is 49.5. The Morgan fingerprint density at radius 3 is 2.12 bits per heavy atom. The molecule has 0 aliphatic carbocycles. The second-order valence-electron chi connectivity index (χ2n) is 1.94. The van der Waals surface area contributed by atoms with E-state index < -0.39 is 23.9 Å². The Morgan fingerprint density at radius 1 is 1.00 bits per heavy atom. The molecule has 0 saturated heterocycles. The topological polar surface area (TPSA) is 96.0 Å². The van der Waals surface area contributed by atoms with Crippen molar-refractivity contribution in [3.8, 4) is 24.2 Å². The third-order valence-electron chi connectivity index (χ3n) is 0.890. The molecule has 0 aliphatic heterocycles. The van der Waals surface area contributed by atoms with Crippen molar-refractivity contribution in [1.29, 1.82) is 0 Å². The fraction of sp³-hybridized carbons (Fsp3) is 0.111. The van der Waals surface area contributed by atoms with Gasteiger partial charge in [-0.15, -0.1) is 6.42 Å². The summed E-state index contributed by atoms with van der Waals surface area (Å²) in [5.41, 5.74) is 0. The lowest BCUT2D eigenvalue weighted by Gasteiger charge is -1.97. The quantitative estimate of drug-likeness (QED) is 0.0960. The van der Waals surface area contributed by atoms with E-state index in [0.717, 1.165) is 0 Å². The van der Waals surface area contributed by atoms with Gasteiger partial charge in [-0.2, -0.15) is 0 Å². The van der Waals surface area contributed by atoms with Crippen LogP contribution in [0.1, 0.15) is 6.92 Å². The van der Waals surface area contributed by atoms with Gasteiger partial charge in [0.15, 0.2) is 0 Å². The zero-order valence-corrected chi connectivity index (χ0v) is 7.94. The molecule has 7 heteroatoms. The third-order valence-corrected chi connectivity index (χ3v) is 0.890. The molecule has 0 spiro atoms. The highest BCUT2D eigenvalue weighted by Gasteiger charge is 2.23. The smallest absolute Gasteiger partial charge is 0.374 e. The zero-order chi connectivity index (χ0) is 12.6. The van der Waals surface area contributed by atoms with E-state index in [9.17, 15) is 19.2 Å². The summed E-state index contributed by atoms with van der Waals surface area (Å²) in [6.07, 6.45) is 4.55. The first-order valence-corrected chi connectivity index (χ1v) is 3.59. The SMILES string of the molecule is C#CC(=O)OOC(=O)C(=O)OC(=O)C#CC. The molecule has 82 valence electrons. The number of carbonyl (C=O) groups is 4. The van der Waals surface area contributed by atoms with Gasteiger partial charge in [0.1, 0.15) is 0 Å². The summed E-state index contributed by atoms with van der Waals surface area (Å²) in [7, 11) is 0. The number of hydrogen-bond donors (Lipinski definition) is 0. The van der Waals surface area contributed by atoms with Gasteiger partial charge in [-0.05, 0) is 6.92 Å². The van der Waals surface area contributed by atoms with Gasteiger partial charge in [-0.25, -0.2) is 29.0 Å². The van der Waals surface area contributed by atoms with Crippen LogP contribution in [0.15, 0.2) is 0 Å². The van der Waals surface area contributed by atoms with Gasteiger partial charge in [0.2, 0.25) is 0 Å². The van der Waals surface area contributed by atoms with Crippen molar-refractivity contribution in [3.63, 3.8) is 0 Å². The number of esters is 2. The van der Waals surface area contributed by atoms with Crippen molar-refractivity contribution in [3.05, 3.63) is 0 Å². The first-order chi connectivity index (χ1) is 7.51. The predicted octanol–water partition coefficient (Wildman–Crippen LogP) is -1.29. The Labute approximate surface area is 89.6 Å². The second kappa shape index (κ2) is 6.62. The van der Waals surface area contributed by atoms with Crippen LogP contribution in [0, 0.1) is 24.2 Å². The van der Waals surface area contributed by atoms with Crippen molar-refractivity contribution >= 4 is 23.9 Å². The molecule has 0 atom stereocenters. The molecule has 0 aromatic carbocycles. The molecule has 7 nitrogen and oxygen atoms in total. The van der Waals surface area contributed by atoms with E-state index in [-0.39, 0.29) is 0 Å². The van der Waals surface area contributed by atoms with Crippen LogP contribution in [0.3, 0.4) is 0 Å². The molecule has 0 fully saturated rings. The maximum atomic E-state index is 10.7. The molecular weight excluding hydrogens is 220 g/mol. The molecule has 0 amide bonds. The van der Waals surface area contributed by atoms with Crippen LogP contribution in [0.4, 0.5) is 0 Å². The summed E-state index contributed by atoms with van der Waals surface area (Å²) in [6.45, 7) is 1.32. The lowest BCUT2D eigenvalue weighted by Crippen LogP contribution is -2.24. The summed E-state index contributed by atoms with van der Waals surface area (Å²) < 4.78 is 3.85. The van der Waals surface area contributed by atoms with Crippen LogP contribution in [0.5, 0.6) is 0 Å². The van der Waals surface area contributed by atoms with E-state index in [1.54, 1.807) is 0 Å². The highest BCUT2D eigenvalue weighted by molar-refractivity contribution is 6.32. The molecule has 0 unspecified atom stereocenters. The standard InChI is InChI=1S/C9H4O7/c1-3-5-7(11)14-8(12)9(13)16-15-6(10)4-2/h2H,1H3. The van der Waals surface area contributed by atoms with E-state index in [1.165, 1.54) is 12.8 Å². The van der Waals surface area contributed by atoms with E-state index in [4.69, 9.17) is 0 Å². The lowest BCUT2D eigenvalue weighted by molar-refractivity contribution is -0.254. The average Bonchev–Trinajstić information content (AvgIpc) is 2.25. The Morgan fingerprint density at radius 2 is 1.62 bits per heavy atom. The van der Waals surface area contributed by atoms with Crippen molar-refractivity contribution in [2.24, 2.45) is 0 Å². The number of hydrogen-bond acceptors (Lipinski definition) is 7. The minimum absolute atomic E-state index is 1.24. The number of ether oxygens (including phenoxy) is 1. The number of carbonyl (C=O) groups excluding carboxylic acids is 4. The van der Waals surface area contributed by atoms with Crippen LogP contribution in [-0.4, -0.2) is 23.9 Å². The van der Waals surface area contributed by atoms with E-state index >= 15 is 0 Å². The second-order valence-corrected chi connectivity index (χ2v) is 1.94. The fourth-order valence-corrected chi connectivity index (χ4v) is 0.387. The molecule has 0 rings (SSSR count). The molecule has 0 aromatic heterocycles. The molecule has 0 heterocycles. The Hall–Kier alpha value is -2.80. The fourth-order valence-electron chi connectivity index (χ4n) is 0.387. The van der Waals surface area contributed by atoms with Crippen LogP contribution >= 0.6 is 0 Å². The monoisotopic (exact) mass is 224 g/mol. The molecule has 0 N–H and O–H groups in total. The van der Waals surface area contributed by atoms with Crippen molar-refractivity contribution in [2.75, 3.05) is 0 Å². The predicted molar refractivity (Wildman–Crippen MR) is 45.6 cm³/mol. The largest absolute Gasteiger partial charge is 0.463 e. The van der Waals surface area contributed by atoms with E-state index in [1.807, 2.05) is 5.92 Å². The lowest BCUT2D eigenvalue weighted by atomic mass is 10.6. The van der Waals surface area contributed by atoms with Gasteiger partial charge in [-0.3, -0.25) is 0 Å². The summed E-state index contributed by atoms with van der Waals surface area (Å²) in [5.74, 6) is -0.559. The van der Waals surface area contributed by atoms with Crippen LogP contribution in [-0.2, 0) is 33.7 Å². The zero-order valence-electron chi connectivity index (χ0n) is 7.94. The Bertz CT molecular complexity index is 429. The first kappa shape index (κ1) is 13.2. The van der Waals surface area contributed by atoms with Gasteiger partial charge in [-0.1, -0.05) is 5.92 Å². The molecule has 0 aromatic rings. The molecule has 0 saturated carbocycles. The maximum Gasteiger partial charge on any atom is 0.463 e. The van der Waals surface area contributed by atoms with Gasteiger partial charge >= 0.3 is 23.9 Å². The van der Waals surface area contributed by atoms with Crippen LogP contribution < -0.4 is 0 Å². The van der Waals surface area contributed by atoms with Gasteiger partial charge in [0.25, 0.3) is 0 Å². The Kier molecular flexibility index (Phi) is 5.46. The third kappa shape index (κ3) is 5.04. The van der Waals surface area contributed by atoms with Gasteiger partial charge in [0.05, 0.1) is 0 Å². The Balaban J connectivity index is 4.15. The minimum atomic E-state index is -1.71. The highest BCUT2D eigenvalue weighted by Crippen LogP contribution is 1.88. The molecular formula is C9H4O7. The molecule has 0 bridgehead atoms. The van der Waals surface area contributed by atoms with Crippen LogP contribution in [0.2, 0.25) is 0 Å². The average molecular weight is 224 g/mol. The number of terminal acetylenes is 1. The molecule has 0 radical (unpaired) electrons. The minimum Gasteiger partial charge on any atom is -0.374 e. The van der Waals surface area contributed by atoms with Crippen molar-refractivity contribution < 1.29 is 33.7 Å². The normalized spacial score (nSPS) is 7.50. The van der Waals surface area contributed by atoms with Gasteiger partial charge < -0.3 is 4.74 Å². The van der Waals surface area contributed by atoms with Gasteiger partial charge in [0, 0.05) is 11.8 Å². The van der Waals surface area contributed by atoms with E-state index in [0.29, 0.717) is 0 Å². The highest BCUT2D eigenvalue weighted by atomic mass is 17.2. The first-order valence-electron chi connectivity index (χ1n) is 3.59. The van der Waals surface area contributed by atoms with Crippen molar-refractivity contribution in [2.45, 2.75) is 6.92 Å². The van der Waals surface area contributed by atoms with E-state index in [2.05, 4.69) is 26.9 Å². The van der Waals surface area contributed by atoms with Crippen molar-refractivity contribution in [1.82, 2.24) is 0 Å². The van der Waals surface area contributed by atoms with Crippen LogP contribution in [0.25, 0.3) is 0 Å². The molecule has 0 aliphatic rings. The summed E-state index contributed by atoms with van der Waals surface area (Å²) in [5, 5.41) is 0. The summed E-state index contributed by atoms with van der Waals surface area (Å²) in [6, 6.07) is 0. The molecule has 16 heavy (non-hydrogen) atoms. The maximum absolute atomic E-state index is 10.7. The number of rotatable bonds is 0.